The van der Waals surface area contributed by atoms with E-state index in [4.69, 9.17) is 11.6 Å². The summed E-state index contributed by atoms with van der Waals surface area (Å²) in [5.41, 5.74) is 2.37. The lowest BCUT2D eigenvalue weighted by Gasteiger charge is -2.33. The highest BCUT2D eigenvalue weighted by Crippen LogP contribution is 2.19. The van der Waals surface area contributed by atoms with Crippen molar-refractivity contribution in [1.82, 2.24) is 10.2 Å². The second-order valence-electron chi connectivity index (χ2n) is 4.68. The van der Waals surface area contributed by atoms with Crippen molar-refractivity contribution < 1.29 is 0 Å². The Morgan fingerprint density at radius 3 is 3.06 bits per heavy atom. The highest BCUT2D eigenvalue weighted by atomic mass is 35.5. The predicted molar refractivity (Wildman–Crippen MR) is 74.0 cm³/mol. The van der Waals surface area contributed by atoms with Gasteiger partial charge in [0.15, 0.2) is 0 Å². The monoisotopic (exact) mass is 253 g/mol. The van der Waals surface area contributed by atoms with Gasteiger partial charge in [-0.2, -0.15) is 0 Å². The Labute approximate surface area is 108 Å². The van der Waals surface area contributed by atoms with Crippen LogP contribution < -0.4 is 10.6 Å². The van der Waals surface area contributed by atoms with Gasteiger partial charge in [0.25, 0.3) is 0 Å². The third-order valence-corrected chi connectivity index (χ3v) is 3.60. The third-order valence-electron chi connectivity index (χ3n) is 3.36. The number of benzene rings is 1. The Morgan fingerprint density at radius 2 is 2.35 bits per heavy atom. The molecule has 0 saturated carbocycles. The van der Waals surface area contributed by atoms with Crippen LogP contribution in [0.4, 0.5) is 5.69 Å². The van der Waals surface area contributed by atoms with E-state index in [0.29, 0.717) is 6.04 Å². The van der Waals surface area contributed by atoms with E-state index in [0.717, 1.165) is 31.2 Å². The van der Waals surface area contributed by atoms with Gasteiger partial charge in [-0.1, -0.05) is 11.6 Å². The van der Waals surface area contributed by atoms with Crippen molar-refractivity contribution >= 4 is 17.3 Å². The van der Waals surface area contributed by atoms with Crippen molar-refractivity contribution in [2.45, 2.75) is 13.0 Å². The summed E-state index contributed by atoms with van der Waals surface area (Å²) in [5.74, 6) is 0. The van der Waals surface area contributed by atoms with Crippen LogP contribution in [0.25, 0.3) is 0 Å². The Kier molecular flexibility index (Phi) is 4.26. The molecule has 3 nitrogen and oxygen atoms in total. The van der Waals surface area contributed by atoms with Crippen LogP contribution in [0.3, 0.4) is 0 Å². The fourth-order valence-corrected chi connectivity index (χ4v) is 2.37. The lowest BCUT2D eigenvalue weighted by Crippen LogP contribution is -2.52. The van der Waals surface area contributed by atoms with Crippen LogP contribution in [0, 0.1) is 6.92 Å². The molecule has 2 rings (SSSR count). The normalized spacial score (nSPS) is 21.5. The van der Waals surface area contributed by atoms with Crippen LogP contribution in [0.15, 0.2) is 18.2 Å². The van der Waals surface area contributed by atoms with Crippen LogP contribution in [-0.2, 0) is 0 Å². The first-order valence-electron chi connectivity index (χ1n) is 6.08. The van der Waals surface area contributed by atoms with E-state index in [2.05, 4.69) is 29.5 Å². The van der Waals surface area contributed by atoms with E-state index in [1.807, 2.05) is 18.2 Å². The molecule has 17 heavy (non-hydrogen) atoms. The van der Waals surface area contributed by atoms with Gasteiger partial charge in [-0.25, -0.2) is 0 Å². The Hall–Kier alpha value is -0.770. The van der Waals surface area contributed by atoms with Crippen LogP contribution >= 0.6 is 11.6 Å². The van der Waals surface area contributed by atoms with Gasteiger partial charge in [-0.15, -0.1) is 0 Å². The summed E-state index contributed by atoms with van der Waals surface area (Å²) in [6, 6.07) is 6.53. The van der Waals surface area contributed by atoms with E-state index in [9.17, 15) is 0 Å². The number of hydrogen-bond acceptors (Lipinski definition) is 3. The summed E-state index contributed by atoms with van der Waals surface area (Å²) in [7, 11) is 2.18. The third kappa shape index (κ3) is 3.35. The maximum Gasteiger partial charge on any atom is 0.0410 e. The summed E-state index contributed by atoms with van der Waals surface area (Å²) < 4.78 is 0. The molecule has 2 N–H and O–H groups in total. The molecule has 0 radical (unpaired) electrons. The minimum atomic E-state index is 0.554. The van der Waals surface area contributed by atoms with Crippen molar-refractivity contribution in [2.75, 3.05) is 38.5 Å². The van der Waals surface area contributed by atoms with Crippen molar-refractivity contribution in [3.63, 3.8) is 0 Å². The molecular formula is C13H20ClN3. The fourth-order valence-electron chi connectivity index (χ4n) is 2.14. The molecule has 0 spiro atoms. The smallest absolute Gasteiger partial charge is 0.0410 e. The number of hydrogen-bond donors (Lipinski definition) is 2. The second kappa shape index (κ2) is 5.71. The number of likely N-dealkylation sites (N-methyl/N-ethyl adjacent to an activating group) is 1. The quantitative estimate of drug-likeness (QED) is 0.863. The highest BCUT2D eigenvalue weighted by molar-refractivity contribution is 6.30. The molecule has 0 bridgehead atoms. The molecule has 1 atom stereocenters. The largest absolute Gasteiger partial charge is 0.383 e. The SMILES string of the molecule is Cc1cc(Cl)ccc1NCC1CNCCN1C. The van der Waals surface area contributed by atoms with Crippen LogP contribution in [0.2, 0.25) is 5.02 Å². The van der Waals surface area contributed by atoms with Crippen LogP contribution in [0.1, 0.15) is 5.56 Å². The molecule has 1 saturated heterocycles. The fraction of sp³-hybridized carbons (Fsp3) is 0.538. The van der Waals surface area contributed by atoms with E-state index in [1.165, 1.54) is 11.3 Å². The van der Waals surface area contributed by atoms with Gasteiger partial charge in [0.1, 0.15) is 0 Å². The molecule has 1 aliphatic heterocycles. The number of nitrogens with zero attached hydrogens (tertiary/aromatic N) is 1. The molecule has 1 aliphatic rings. The summed E-state index contributed by atoms with van der Waals surface area (Å²) in [5, 5.41) is 7.72. The number of nitrogens with one attached hydrogen (secondary N) is 2. The first kappa shape index (κ1) is 12.7. The summed E-state index contributed by atoms with van der Waals surface area (Å²) in [4.78, 5) is 2.40. The second-order valence-corrected chi connectivity index (χ2v) is 5.12. The van der Waals surface area contributed by atoms with Crippen molar-refractivity contribution in [2.24, 2.45) is 0 Å². The minimum absolute atomic E-state index is 0.554. The molecule has 0 amide bonds. The molecule has 4 heteroatoms. The maximum absolute atomic E-state index is 5.94. The standard InChI is InChI=1S/C13H20ClN3/c1-10-7-11(14)3-4-13(10)16-9-12-8-15-5-6-17(12)2/h3-4,7,12,15-16H,5-6,8-9H2,1-2H3. The van der Waals surface area contributed by atoms with Crippen LogP contribution in [0.5, 0.6) is 0 Å². The number of rotatable bonds is 3. The topological polar surface area (TPSA) is 27.3 Å². The van der Waals surface area contributed by atoms with Gasteiger partial charge >= 0.3 is 0 Å². The zero-order chi connectivity index (χ0) is 12.3. The Bertz CT molecular complexity index is 381. The van der Waals surface area contributed by atoms with Gasteiger partial charge in [0, 0.05) is 42.9 Å². The molecule has 0 aliphatic carbocycles. The molecule has 1 fully saturated rings. The average Bonchev–Trinajstić information content (AvgIpc) is 2.30. The number of aryl methyl sites for hydroxylation is 1. The Morgan fingerprint density at radius 1 is 1.53 bits per heavy atom. The average molecular weight is 254 g/mol. The van der Waals surface area contributed by atoms with Crippen molar-refractivity contribution in [1.29, 1.82) is 0 Å². The first-order valence-corrected chi connectivity index (χ1v) is 6.45. The van der Waals surface area contributed by atoms with E-state index in [1.54, 1.807) is 0 Å². The highest BCUT2D eigenvalue weighted by Gasteiger charge is 2.17. The van der Waals surface area contributed by atoms with Gasteiger partial charge in [0.2, 0.25) is 0 Å². The number of anilines is 1. The van der Waals surface area contributed by atoms with E-state index >= 15 is 0 Å². The molecular weight excluding hydrogens is 234 g/mol. The van der Waals surface area contributed by atoms with Gasteiger partial charge in [-0.3, -0.25) is 4.90 Å². The van der Waals surface area contributed by atoms with Crippen molar-refractivity contribution in [3.8, 4) is 0 Å². The Balaban J connectivity index is 1.92. The van der Waals surface area contributed by atoms with Crippen molar-refractivity contribution in [3.05, 3.63) is 28.8 Å². The van der Waals surface area contributed by atoms with Gasteiger partial charge < -0.3 is 10.6 Å². The molecule has 1 aromatic carbocycles. The van der Waals surface area contributed by atoms with Gasteiger partial charge in [0.05, 0.1) is 0 Å². The summed E-state index contributed by atoms with van der Waals surface area (Å²) in [6.45, 7) is 6.30. The molecule has 1 unspecified atom stereocenters. The molecule has 0 aromatic heterocycles. The maximum atomic E-state index is 5.94. The predicted octanol–water partition coefficient (Wildman–Crippen LogP) is 1.96. The first-order chi connectivity index (χ1) is 8.16. The van der Waals surface area contributed by atoms with E-state index in [-0.39, 0.29) is 0 Å². The molecule has 94 valence electrons. The minimum Gasteiger partial charge on any atom is -0.383 e. The summed E-state index contributed by atoms with van der Waals surface area (Å²) >= 11 is 5.94. The zero-order valence-corrected chi connectivity index (χ0v) is 11.2. The van der Waals surface area contributed by atoms with E-state index < -0.39 is 0 Å². The lowest BCUT2D eigenvalue weighted by atomic mass is 10.1. The number of piperazine rings is 1. The lowest BCUT2D eigenvalue weighted by molar-refractivity contribution is 0.209. The summed E-state index contributed by atoms with van der Waals surface area (Å²) in [6.07, 6.45) is 0. The molecule has 1 heterocycles. The molecule has 1 aromatic rings. The number of halogens is 1. The zero-order valence-electron chi connectivity index (χ0n) is 10.5. The van der Waals surface area contributed by atoms with Crippen LogP contribution in [-0.4, -0.2) is 44.2 Å². The van der Waals surface area contributed by atoms with Gasteiger partial charge in [-0.05, 0) is 37.7 Å².